The summed E-state index contributed by atoms with van der Waals surface area (Å²) in [5.74, 6) is 1.09. The fourth-order valence-corrected chi connectivity index (χ4v) is 3.14. The van der Waals surface area contributed by atoms with Crippen LogP contribution in [0, 0.1) is 5.92 Å². The maximum absolute atomic E-state index is 11.9. The second-order valence-electron chi connectivity index (χ2n) is 6.05. The van der Waals surface area contributed by atoms with Crippen LogP contribution in [0.2, 0.25) is 0 Å². The summed E-state index contributed by atoms with van der Waals surface area (Å²) in [6.07, 6.45) is 9.37. The summed E-state index contributed by atoms with van der Waals surface area (Å²) in [7, 11) is 0. The molecule has 1 aliphatic heterocycles. The lowest BCUT2D eigenvalue weighted by molar-refractivity contribution is -0.123. The van der Waals surface area contributed by atoms with Crippen molar-refractivity contribution in [1.82, 2.24) is 10.6 Å². The Hall–Kier alpha value is -0.570. The number of hydrogen-bond donors (Lipinski definition) is 2. The molecule has 1 amide bonds. The highest BCUT2D eigenvalue weighted by molar-refractivity contribution is 5.76. The number of rotatable bonds is 4. The van der Waals surface area contributed by atoms with Crippen LogP contribution in [0.1, 0.15) is 58.3 Å². The number of hydrogen-bond acceptors (Lipinski definition) is 2. The van der Waals surface area contributed by atoms with Gasteiger partial charge in [0.05, 0.1) is 0 Å². The molecule has 1 saturated heterocycles. The van der Waals surface area contributed by atoms with Gasteiger partial charge in [0.25, 0.3) is 0 Å². The van der Waals surface area contributed by atoms with E-state index in [4.69, 9.17) is 0 Å². The molecule has 2 N–H and O–H groups in total. The summed E-state index contributed by atoms with van der Waals surface area (Å²) >= 11 is 0. The third-order valence-corrected chi connectivity index (χ3v) is 4.40. The van der Waals surface area contributed by atoms with Crippen molar-refractivity contribution in [2.75, 3.05) is 13.1 Å². The molecule has 0 unspecified atom stereocenters. The molecule has 2 fully saturated rings. The van der Waals surface area contributed by atoms with Gasteiger partial charge in [-0.05, 0) is 45.2 Å². The number of nitrogens with one attached hydrogen (secondary N) is 2. The number of carbonyl (C=O) groups excluding carboxylic acids is 1. The fourth-order valence-electron chi connectivity index (χ4n) is 3.14. The van der Waals surface area contributed by atoms with E-state index in [0.717, 1.165) is 44.7 Å². The maximum Gasteiger partial charge on any atom is 0.220 e. The lowest BCUT2D eigenvalue weighted by Crippen LogP contribution is -2.52. The van der Waals surface area contributed by atoms with Crippen LogP contribution >= 0.6 is 0 Å². The van der Waals surface area contributed by atoms with E-state index in [1.807, 2.05) is 0 Å². The first kappa shape index (κ1) is 12.9. The molecular weight excluding hydrogens is 212 g/mol. The van der Waals surface area contributed by atoms with Gasteiger partial charge in [-0.3, -0.25) is 4.79 Å². The summed E-state index contributed by atoms with van der Waals surface area (Å²) in [6.45, 7) is 4.24. The van der Waals surface area contributed by atoms with Gasteiger partial charge in [-0.1, -0.05) is 25.7 Å². The van der Waals surface area contributed by atoms with E-state index in [2.05, 4.69) is 17.6 Å². The van der Waals surface area contributed by atoms with Crippen molar-refractivity contribution in [3.05, 3.63) is 0 Å². The molecule has 2 aliphatic rings. The third kappa shape index (κ3) is 3.98. The van der Waals surface area contributed by atoms with Crippen LogP contribution < -0.4 is 10.6 Å². The van der Waals surface area contributed by atoms with Crippen molar-refractivity contribution in [2.45, 2.75) is 63.8 Å². The highest BCUT2D eigenvalue weighted by Crippen LogP contribution is 2.28. The second-order valence-corrected chi connectivity index (χ2v) is 6.05. The zero-order chi connectivity index (χ0) is 12.1. The van der Waals surface area contributed by atoms with E-state index in [0.29, 0.717) is 0 Å². The zero-order valence-corrected chi connectivity index (χ0v) is 11.1. The summed E-state index contributed by atoms with van der Waals surface area (Å²) in [4.78, 5) is 11.9. The Morgan fingerprint density at radius 1 is 1.29 bits per heavy atom. The summed E-state index contributed by atoms with van der Waals surface area (Å²) in [5.41, 5.74) is 0.0397. The average molecular weight is 238 g/mol. The van der Waals surface area contributed by atoms with Crippen molar-refractivity contribution in [3.8, 4) is 0 Å². The fraction of sp³-hybridized carbons (Fsp3) is 0.929. The molecule has 0 aromatic carbocycles. The molecule has 98 valence electrons. The van der Waals surface area contributed by atoms with Gasteiger partial charge in [0, 0.05) is 12.0 Å². The standard InChI is InChI=1S/C14H26N2O/c1-14(8-10-15-11-9-14)16-13(17)7-6-12-4-2-3-5-12/h12,15H,2-11H2,1H3,(H,16,17). The van der Waals surface area contributed by atoms with Gasteiger partial charge in [-0.15, -0.1) is 0 Å². The molecule has 1 heterocycles. The Kier molecular flexibility index (Phi) is 4.43. The summed E-state index contributed by atoms with van der Waals surface area (Å²) < 4.78 is 0. The Balaban J connectivity index is 1.68. The monoisotopic (exact) mass is 238 g/mol. The Bertz CT molecular complexity index is 253. The molecule has 3 nitrogen and oxygen atoms in total. The van der Waals surface area contributed by atoms with Gasteiger partial charge in [0.1, 0.15) is 0 Å². The van der Waals surface area contributed by atoms with Gasteiger partial charge in [-0.25, -0.2) is 0 Å². The maximum atomic E-state index is 11.9. The minimum atomic E-state index is 0.0397. The topological polar surface area (TPSA) is 41.1 Å². The minimum absolute atomic E-state index is 0.0397. The van der Waals surface area contributed by atoms with Gasteiger partial charge in [0.2, 0.25) is 5.91 Å². The molecule has 0 bridgehead atoms. The average Bonchev–Trinajstić information content (AvgIpc) is 2.79. The van der Waals surface area contributed by atoms with E-state index in [1.165, 1.54) is 25.7 Å². The largest absolute Gasteiger partial charge is 0.351 e. The normalized spacial score (nSPS) is 24.8. The van der Waals surface area contributed by atoms with Crippen LogP contribution in [0.15, 0.2) is 0 Å². The molecule has 0 aromatic rings. The predicted octanol–water partition coefficient (Wildman–Crippen LogP) is 2.22. The molecule has 3 heteroatoms. The summed E-state index contributed by atoms with van der Waals surface area (Å²) in [5, 5.41) is 6.58. The molecule has 17 heavy (non-hydrogen) atoms. The van der Waals surface area contributed by atoms with E-state index in [-0.39, 0.29) is 11.4 Å². The van der Waals surface area contributed by atoms with Crippen LogP contribution in [0.4, 0.5) is 0 Å². The van der Waals surface area contributed by atoms with Crippen molar-refractivity contribution in [3.63, 3.8) is 0 Å². The highest BCUT2D eigenvalue weighted by Gasteiger charge is 2.28. The first-order chi connectivity index (χ1) is 8.18. The molecule has 0 radical (unpaired) electrons. The van der Waals surface area contributed by atoms with Gasteiger partial charge < -0.3 is 10.6 Å². The van der Waals surface area contributed by atoms with Gasteiger partial charge in [-0.2, -0.15) is 0 Å². The van der Waals surface area contributed by atoms with Crippen molar-refractivity contribution >= 4 is 5.91 Å². The van der Waals surface area contributed by atoms with E-state index < -0.39 is 0 Å². The van der Waals surface area contributed by atoms with Gasteiger partial charge in [0.15, 0.2) is 0 Å². The Morgan fingerprint density at radius 2 is 1.94 bits per heavy atom. The van der Waals surface area contributed by atoms with Crippen LogP contribution in [0.3, 0.4) is 0 Å². The zero-order valence-electron chi connectivity index (χ0n) is 11.1. The van der Waals surface area contributed by atoms with Crippen molar-refractivity contribution in [2.24, 2.45) is 5.92 Å². The Labute approximate surface area is 105 Å². The quantitative estimate of drug-likeness (QED) is 0.788. The Morgan fingerprint density at radius 3 is 2.59 bits per heavy atom. The van der Waals surface area contributed by atoms with Crippen molar-refractivity contribution < 1.29 is 4.79 Å². The van der Waals surface area contributed by atoms with Crippen LogP contribution in [0.5, 0.6) is 0 Å². The third-order valence-electron chi connectivity index (χ3n) is 4.40. The molecule has 2 rings (SSSR count). The number of piperidine rings is 1. The lowest BCUT2D eigenvalue weighted by Gasteiger charge is -2.35. The molecule has 1 saturated carbocycles. The molecular formula is C14H26N2O. The minimum Gasteiger partial charge on any atom is -0.351 e. The van der Waals surface area contributed by atoms with Crippen LogP contribution in [0.25, 0.3) is 0 Å². The van der Waals surface area contributed by atoms with E-state index in [9.17, 15) is 4.79 Å². The van der Waals surface area contributed by atoms with Crippen LogP contribution in [-0.2, 0) is 4.79 Å². The van der Waals surface area contributed by atoms with Crippen molar-refractivity contribution in [1.29, 1.82) is 0 Å². The van der Waals surface area contributed by atoms with E-state index >= 15 is 0 Å². The second kappa shape index (κ2) is 5.85. The first-order valence-corrected chi connectivity index (χ1v) is 7.20. The number of amides is 1. The lowest BCUT2D eigenvalue weighted by atomic mass is 9.90. The molecule has 0 aromatic heterocycles. The first-order valence-electron chi connectivity index (χ1n) is 7.20. The highest BCUT2D eigenvalue weighted by atomic mass is 16.1. The van der Waals surface area contributed by atoms with Crippen LogP contribution in [-0.4, -0.2) is 24.5 Å². The smallest absolute Gasteiger partial charge is 0.220 e. The predicted molar refractivity (Wildman–Crippen MR) is 69.8 cm³/mol. The molecule has 1 aliphatic carbocycles. The molecule has 0 atom stereocenters. The SMILES string of the molecule is CC1(NC(=O)CCC2CCCC2)CCNCC1. The van der Waals surface area contributed by atoms with E-state index in [1.54, 1.807) is 0 Å². The molecule has 0 spiro atoms. The summed E-state index contributed by atoms with van der Waals surface area (Å²) in [6, 6.07) is 0. The number of carbonyl (C=O) groups is 1. The van der Waals surface area contributed by atoms with Gasteiger partial charge >= 0.3 is 0 Å².